The molecule has 1 saturated heterocycles. The first-order chi connectivity index (χ1) is 18.6. The van der Waals surface area contributed by atoms with Crippen LogP contribution in [0.15, 0.2) is 77.1 Å². The number of hydrogen-bond acceptors (Lipinski definition) is 6. The fourth-order valence-corrected chi connectivity index (χ4v) is 4.95. The van der Waals surface area contributed by atoms with Crippen molar-refractivity contribution in [2.24, 2.45) is 5.41 Å². The Kier molecular flexibility index (Phi) is 11.8. The van der Waals surface area contributed by atoms with Gasteiger partial charge in [0.2, 0.25) is 0 Å². The number of sulfone groups is 1. The molecule has 2 aromatic rings. The number of likely N-dealkylation sites (tertiary alicyclic amines) is 1. The molecule has 0 aliphatic carbocycles. The number of carbonyl (C=O) groups is 1. The van der Waals surface area contributed by atoms with Crippen molar-refractivity contribution in [2.45, 2.75) is 65.2 Å². The molecule has 0 N–H and O–H groups in total. The molecular weight excluding hydrogens is 508 g/mol. The summed E-state index contributed by atoms with van der Waals surface area (Å²) in [4.78, 5) is 24.0. The Hall–Kier alpha value is -3.57. The Balaban J connectivity index is 0.00000260. The highest BCUT2D eigenvalue weighted by Crippen LogP contribution is 2.35. The van der Waals surface area contributed by atoms with E-state index in [1.807, 2.05) is 50.8 Å². The second-order valence-electron chi connectivity index (χ2n) is 9.64. The lowest BCUT2D eigenvalue weighted by Crippen LogP contribution is -2.44. The van der Waals surface area contributed by atoms with E-state index in [-0.39, 0.29) is 10.8 Å². The molecule has 1 aromatic heterocycles. The first kappa shape index (κ1) is 31.6. The molecule has 1 fully saturated rings. The molecule has 1 aliphatic rings. The van der Waals surface area contributed by atoms with Gasteiger partial charge in [-0.25, -0.2) is 18.4 Å². The second kappa shape index (κ2) is 14.5. The fourth-order valence-electron chi connectivity index (χ4n) is 4.32. The number of nitrogens with zero attached hydrogens (tertiary/aromatic N) is 4. The normalized spacial score (nSPS) is 16.1. The number of amides is 1. The van der Waals surface area contributed by atoms with Crippen LogP contribution in [0.4, 0.5) is 0 Å². The SMILES string of the molecule is CC.CC/C(C)=C/C=C\C(C(=O)N1CCC(C#N)(Cc2ccc(S(C)(=O)=O)cc2)CC1)=C(/C)c1ccncn1. The van der Waals surface area contributed by atoms with E-state index in [4.69, 9.17) is 0 Å². The summed E-state index contributed by atoms with van der Waals surface area (Å²) in [6.45, 7) is 11.0. The topological polar surface area (TPSA) is 104 Å². The smallest absolute Gasteiger partial charge is 0.254 e. The van der Waals surface area contributed by atoms with Crippen molar-refractivity contribution in [3.63, 3.8) is 0 Å². The number of rotatable bonds is 8. The zero-order chi connectivity index (χ0) is 29.1. The molecule has 8 heteroatoms. The highest BCUT2D eigenvalue weighted by Gasteiger charge is 2.37. The van der Waals surface area contributed by atoms with Crippen molar-refractivity contribution in [3.05, 3.63) is 83.5 Å². The van der Waals surface area contributed by atoms with Gasteiger partial charge < -0.3 is 4.90 Å². The van der Waals surface area contributed by atoms with Crippen LogP contribution >= 0.6 is 0 Å². The monoisotopic (exact) mass is 548 g/mol. The third-order valence-electron chi connectivity index (χ3n) is 6.94. The summed E-state index contributed by atoms with van der Waals surface area (Å²) in [5, 5.41) is 10.1. The summed E-state index contributed by atoms with van der Waals surface area (Å²) in [5.41, 5.74) is 3.55. The first-order valence-corrected chi connectivity index (χ1v) is 15.3. The van der Waals surface area contributed by atoms with E-state index in [0.717, 1.165) is 17.6 Å². The van der Waals surface area contributed by atoms with Crippen molar-refractivity contribution >= 4 is 21.3 Å². The van der Waals surface area contributed by atoms with Crippen molar-refractivity contribution in [1.29, 1.82) is 5.26 Å². The van der Waals surface area contributed by atoms with E-state index < -0.39 is 15.3 Å². The first-order valence-electron chi connectivity index (χ1n) is 13.4. The zero-order valence-electron chi connectivity index (χ0n) is 23.9. The van der Waals surface area contributed by atoms with Crippen molar-refractivity contribution in [3.8, 4) is 6.07 Å². The molecule has 39 heavy (non-hydrogen) atoms. The largest absolute Gasteiger partial charge is 0.339 e. The molecule has 0 radical (unpaired) electrons. The number of piperidine rings is 1. The Morgan fingerprint density at radius 2 is 1.77 bits per heavy atom. The van der Waals surface area contributed by atoms with Gasteiger partial charge in [0.15, 0.2) is 9.84 Å². The van der Waals surface area contributed by atoms with E-state index >= 15 is 0 Å². The lowest BCUT2D eigenvalue weighted by molar-refractivity contribution is -0.128. The zero-order valence-corrected chi connectivity index (χ0v) is 24.8. The highest BCUT2D eigenvalue weighted by atomic mass is 32.2. The minimum Gasteiger partial charge on any atom is -0.339 e. The lowest BCUT2D eigenvalue weighted by atomic mass is 9.75. The van der Waals surface area contributed by atoms with Crippen LogP contribution in [-0.4, -0.2) is 48.5 Å². The maximum atomic E-state index is 13.7. The van der Waals surface area contributed by atoms with E-state index in [1.54, 1.807) is 36.5 Å². The standard InChI is InChI=1S/C29H34N4O3S.C2H6/c1-5-22(2)7-6-8-26(23(3)27-13-16-31-21-32-27)28(34)33-17-14-29(20-30,15-18-33)19-24-9-11-25(12-10-24)37(4,35)36;1-2/h6-13,16,21H,5,14-15,17-19H2,1-4H3;1-2H3/b8-6-,22-7+,26-23-;. The summed E-state index contributed by atoms with van der Waals surface area (Å²) in [7, 11) is -3.27. The molecule has 0 spiro atoms. The van der Waals surface area contributed by atoms with Crippen molar-refractivity contribution < 1.29 is 13.2 Å². The Morgan fingerprint density at radius 3 is 2.28 bits per heavy atom. The van der Waals surface area contributed by atoms with Gasteiger partial charge >= 0.3 is 0 Å². The van der Waals surface area contributed by atoms with Gasteiger partial charge in [-0.1, -0.05) is 50.6 Å². The minimum absolute atomic E-state index is 0.0843. The number of benzene rings is 1. The van der Waals surface area contributed by atoms with Crippen molar-refractivity contribution in [2.75, 3.05) is 19.3 Å². The van der Waals surface area contributed by atoms with Gasteiger partial charge in [-0.15, -0.1) is 0 Å². The van der Waals surface area contributed by atoms with Gasteiger partial charge in [0.1, 0.15) is 6.33 Å². The Morgan fingerprint density at radius 1 is 1.13 bits per heavy atom. The third kappa shape index (κ3) is 8.72. The van der Waals surface area contributed by atoms with Crippen LogP contribution in [0.5, 0.6) is 0 Å². The molecule has 1 amide bonds. The van der Waals surface area contributed by atoms with Gasteiger partial charge in [-0.05, 0) is 74.9 Å². The average molecular weight is 549 g/mol. The predicted octanol–water partition coefficient (Wildman–Crippen LogP) is 5.97. The molecule has 0 saturated carbocycles. The van der Waals surface area contributed by atoms with Crippen LogP contribution in [0.1, 0.15) is 65.1 Å². The minimum atomic E-state index is -3.27. The van der Waals surface area contributed by atoms with Gasteiger partial charge in [-0.2, -0.15) is 5.26 Å². The quantitative estimate of drug-likeness (QED) is 0.297. The maximum Gasteiger partial charge on any atom is 0.254 e. The lowest BCUT2D eigenvalue weighted by Gasteiger charge is -2.37. The van der Waals surface area contributed by atoms with Gasteiger partial charge in [-0.3, -0.25) is 4.79 Å². The maximum absolute atomic E-state index is 13.7. The van der Waals surface area contributed by atoms with Gasteiger partial charge in [0, 0.05) is 31.1 Å². The van der Waals surface area contributed by atoms with Crippen LogP contribution < -0.4 is 0 Å². The molecule has 208 valence electrons. The molecule has 3 rings (SSSR count). The van der Waals surface area contributed by atoms with E-state index in [9.17, 15) is 18.5 Å². The molecule has 0 bridgehead atoms. The van der Waals surface area contributed by atoms with E-state index in [1.165, 1.54) is 18.2 Å². The number of aromatic nitrogens is 2. The number of allylic oxidation sites excluding steroid dienone is 4. The molecular formula is C31H40N4O3S. The molecule has 1 aliphatic heterocycles. The fraction of sp³-hybridized carbons (Fsp3) is 0.419. The Labute approximate surface area is 233 Å². The summed E-state index contributed by atoms with van der Waals surface area (Å²) < 4.78 is 23.5. The highest BCUT2D eigenvalue weighted by molar-refractivity contribution is 7.90. The summed E-state index contributed by atoms with van der Waals surface area (Å²) >= 11 is 0. The number of hydrogen-bond donors (Lipinski definition) is 0. The summed E-state index contributed by atoms with van der Waals surface area (Å²) in [5.74, 6) is -0.0843. The van der Waals surface area contributed by atoms with Crippen LogP contribution in [0, 0.1) is 16.7 Å². The predicted molar refractivity (Wildman–Crippen MR) is 156 cm³/mol. The molecule has 2 heterocycles. The molecule has 0 unspecified atom stereocenters. The Bertz CT molecular complexity index is 1340. The number of carbonyl (C=O) groups excluding carboxylic acids is 1. The van der Waals surface area contributed by atoms with Crippen LogP contribution in [0.2, 0.25) is 0 Å². The van der Waals surface area contributed by atoms with Gasteiger partial charge in [0.25, 0.3) is 5.91 Å². The van der Waals surface area contributed by atoms with Crippen LogP contribution in [-0.2, 0) is 21.1 Å². The molecule has 0 atom stereocenters. The summed E-state index contributed by atoms with van der Waals surface area (Å²) in [6, 6.07) is 11.0. The number of nitriles is 1. The average Bonchev–Trinajstić information content (AvgIpc) is 2.96. The van der Waals surface area contributed by atoms with Crippen LogP contribution in [0.3, 0.4) is 0 Å². The second-order valence-corrected chi connectivity index (χ2v) is 11.7. The third-order valence-corrected chi connectivity index (χ3v) is 8.07. The molecule has 7 nitrogen and oxygen atoms in total. The van der Waals surface area contributed by atoms with E-state index in [0.29, 0.717) is 43.6 Å². The summed E-state index contributed by atoms with van der Waals surface area (Å²) in [6.07, 6.45) is 12.6. The van der Waals surface area contributed by atoms with Gasteiger partial charge in [0.05, 0.1) is 22.1 Å². The van der Waals surface area contributed by atoms with E-state index in [2.05, 4.69) is 23.0 Å². The van der Waals surface area contributed by atoms with Crippen LogP contribution in [0.25, 0.3) is 5.57 Å². The van der Waals surface area contributed by atoms with Crippen molar-refractivity contribution in [1.82, 2.24) is 14.9 Å². The molecule has 1 aromatic carbocycles.